The number of halogens is 1. The lowest BCUT2D eigenvalue weighted by molar-refractivity contribution is 0.233. The van der Waals surface area contributed by atoms with Gasteiger partial charge in [0.2, 0.25) is 0 Å². The molecule has 6 nitrogen and oxygen atoms in total. The van der Waals surface area contributed by atoms with E-state index in [2.05, 4.69) is 15.0 Å². The molecule has 0 bridgehead atoms. The van der Waals surface area contributed by atoms with E-state index in [0.717, 1.165) is 33.6 Å². The van der Waals surface area contributed by atoms with Crippen molar-refractivity contribution < 1.29 is 9.84 Å². The van der Waals surface area contributed by atoms with Gasteiger partial charge in [-0.2, -0.15) is 0 Å². The third-order valence-electron chi connectivity index (χ3n) is 4.38. The minimum absolute atomic E-state index is 0.0919. The fourth-order valence-corrected chi connectivity index (χ4v) is 3.26. The third kappa shape index (κ3) is 3.22. The molecule has 0 saturated heterocycles. The number of aliphatic hydroxyl groups excluding tert-OH is 1. The van der Waals surface area contributed by atoms with Crippen LogP contribution in [0, 0.1) is 13.8 Å². The van der Waals surface area contributed by atoms with Crippen LogP contribution in [0.15, 0.2) is 36.5 Å². The lowest BCUT2D eigenvalue weighted by atomic mass is 10.2. The molecule has 27 heavy (non-hydrogen) atoms. The number of pyridine rings is 1. The molecule has 3 aromatic heterocycles. The first-order valence-corrected chi connectivity index (χ1v) is 9.11. The van der Waals surface area contributed by atoms with Crippen LogP contribution in [0.2, 0.25) is 5.02 Å². The zero-order valence-electron chi connectivity index (χ0n) is 15.1. The van der Waals surface area contributed by atoms with Gasteiger partial charge in [0.15, 0.2) is 5.65 Å². The summed E-state index contributed by atoms with van der Waals surface area (Å²) in [7, 11) is 0. The number of aryl methyl sites for hydroxylation is 2. The number of aliphatic hydroxyl groups is 1. The molecule has 0 fully saturated rings. The Balaban J connectivity index is 1.93. The lowest BCUT2D eigenvalue weighted by Crippen LogP contribution is -2.02. The predicted molar refractivity (Wildman–Crippen MR) is 105 cm³/mol. The largest absolute Gasteiger partial charge is 0.493 e. The minimum Gasteiger partial charge on any atom is -0.493 e. The van der Waals surface area contributed by atoms with Gasteiger partial charge in [0.05, 0.1) is 29.0 Å². The minimum atomic E-state index is 0.0919. The van der Waals surface area contributed by atoms with Crippen LogP contribution in [0.25, 0.3) is 28.1 Å². The van der Waals surface area contributed by atoms with Crippen LogP contribution in [0.1, 0.15) is 17.8 Å². The second-order valence-corrected chi connectivity index (χ2v) is 6.77. The quantitative estimate of drug-likeness (QED) is 0.528. The van der Waals surface area contributed by atoms with Crippen LogP contribution in [-0.2, 0) is 0 Å². The Hall–Kier alpha value is -2.70. The summed E-state index contributed by atoms with van der Waals surface area (Å²) in [4.78, 5) is 13.9. The molecule has 0 aliphatic heterocycles. The van der Waals surface area contributed by atoms with Crippen molar-refractivity contribution in [2.24, 2.45) is 0 Å². The first-order valence-electron chi connectivity index (χ1n) is 8.73. The van der Waals surface area contributed by atoms with Gasteiger partial charge in [0.25, 0.3) is 0 Å². The van der Waals surface area contributed by atoms with E-state index < -0.39 is 0 Å². The van der Waals surface area contributed by atoms with E-state index in [-0.39, 0.29) is 6.61 Å². The number of fused-ring (bicyclic) bond motifs is 3. The van der Waals surface area contributed by atoms with E-state index in [0.29, 0.717) is 29.6 Å². The van der Waals surface area contributed by atoms with Crippen molar-refractivity contribution in [1.82, 2.24) is 19.4 Å². The fourth-order valence-electron chi connectivity index (χ4n) is 3.06. The standard InChI is InChI=1S/C20H19ClN4O2/c1-12-4-7-17-20(23-12)25-18(13(2)24-17)11-22-19(25)15-10-14(5-6-16(15)21)27-9-3-8-26/h4-7,10-11,26H,3,8-9H2,1-2H3. The zero-order valence-corrected chi connectivity index (χ0v) is 15.9. The van der Waals surface area contributed by atoms with Crippen molar-refractivity contribution in [3.63, 3.8) is 0 Å². The Bertz CT molecular complexity index is 1140. The maximum atomic E-state index is 8.93. The van der Waals surface area contributed by atoms with Crippen LogP contribution < -0.4 is 4.74 Å². The van der Waals surface area contributed by atoms with Crippen molar-refractivity contribution in [3.05, 3.63) is 52.9 Å². The molecular formula is C20H19ClN4O2. The Labute approximate surface area is 161 Å². The van der Waals surface area contributed by atoms with Crippen LogP contribution in [-0.4, -0.2) is 37.7 Å². The van der Waals surface area contributed by atoms with E-state index in [9.17, 15) is 0 Å². The maximum Gasteiger partial charge on any atom is 0.165 e. The molecule has 1 N–H and O–H groups in total. The van der Waals surface area contributed by atoms with Crippen LogP contribution >= 0.6 is 11.6 Å². The summed E-state index contributed by atoms with van der Waals surface area (Å²) < 4.78 is 7.69. The number of hydrogen-bond acceptors (Lipinski definition) is 5. The first-order chi connectivity index (χ1) is 13.1. The van der Waals surface area contributed by atoms with Crippen molar-refractivity contribution in [2.45, 2.75) is 20.3 Å². The number of nitrogens with zero attached hydrogens (tertiary/aromatic N) is 4. The fraction of sp³-hybridized carbons (Fsp3) is 0.250. The highest BCUT2D eigenvalue weighted by Gasteiger charge is 2.16. The molecule has 1 aromatic carbocycles. The summed E-state index contributed by atoms with van der Waals surface area (Å²) in [6.45, 7) is 4.43. The average Bonchev–Trinajstić information content (AvgIpc) is 3.10. The van der Waals surface area contributed by atoms with E-state index in [1.165, 1.54) is 0 Å². The van der Waals surface area contributed by atoms with E-state index in [1.807, 2.05) is 42.5 Å². The highest BCUT2D eigenvalue weighted by Crippen LogP contribution is 2.33. The van der Waals surface area contributed by atoms with Crippen molar-refractivity contribution >= 4 is 28.3 Å². The monoisotopic (exact) mass is 382 g/mol. The van der Waals surface area contributed by atoms with E-state index in [4.69, 9.17) is 21.4 Å². The van der Waals surface area contributed by atoms with Gasteiger partial charge in [-0.1, -0.05) is 11.6 Å². The highest BCUT2D eigenvalue weighted by molar-refractivity contribution is 6.33. The number of benzene rings is 1. The van der Waals surface area contributed by atoms with Gasteiger partial charge in [-0.05, 0) is 44.2 Å². The maximum absolute atomic E-state index is 8.93. The molecule has 0 saturated carbocycles. The van der Waals surface area contributed by atoms with Gasteiger partial charge in [0.1, 0.15) is 17.1 Å². The molecule has 4 rings (SSSR count). The molecule has 0 spiro atoms. The Kier molecular flexibility index (Phi) is 4.68. The summed E-state index contributed by atoms with van der Waals surface area (Å²) in [6.07, 6.45) is 2.36. The summed E-state index contributed by atoms with van der Waals surface area (Å²) in [5.74, 6) is 1.37. The Morgan fingerprint density at radius 1 is 1.15 bits per heavy atom. The lowest BCUT2D eigenvalue weighted by Gasteiger charge is -2.11. The topological polar surface area (TPSA) is 72.5 Å². The average molecular weight is 383 g/mol. The molecule has 0 aliphatic rings. The molecular weight excluding hydrogens is 364 g/mol. The predicted octanol–water partition coefficient (Wildman–Crippen LogP) is 3.98. The zero-order chi connectivity index (χ0) is 19.0. The number of imidazole rings is 1. The molecule has 0 amide bonds. The molecule has 3 heterocycles. The molecule has 7 heteroatoms. The molecule has 0 unspecified atom stereocenters. The summed E-state index contributed by atoms with van der Waals surface area (Å²) >= 11 is 6.49. The molecule has 138 valence electrons. The van der Waals surface area contributed by atoms with E-state index >= 15 is 0 Å². The smallest absolute Gasteiger partial charge is 0.165 e. The summed E-state index contributed by atoms with van der Waals surface area (Å²) in [6, 6.07) is 9.38. The first kappa shape index (κ1) is 17.7. The number of ether oxygens (including phenoxy) is 1. The second-order valence-electron chi connectivity index (χ2n) is 6.36. The third-order valence-corrected chi connectivity index (χ3v) is 4.71. The van der Waals surface area contributed by atoms with Gasteiger partial charge >= 0.3 is 0 Å². The van der Waals surface area contributed by atoms with E-state index in [1.54, 1.807) is 12.3 Å². The Morgan fingerprint density at radius 3 is 2.81 bits per heavy atom. The number of rotatable bonds is 5. The summed E-state index contributed by atoms with van der Waals surface area (Å²) in [5, 5.41) is 9.51. The normalized spacial score (nSPS) is 11.4. The number of aromatic nitrogens is 4. The van der Waals surface area contributed by atoms with Gasteiger partial charge in [-0.3, -0.25) is 4.40 Å². The van der Waals surface area contributed by atoms with Crippen LogP contribution in [0.5, 0.6) is 5.75 Å². The van der Waals surface area contributed by atoms with Gasteiger partial charge in [-0.25, -0.2) is 15.0 Å². The highest BCUT2D eigenvalue weighted by atomic mass is 35.5. The second kappa shape index (κ2) is 7.13. The van der Waals surface area contributed by atoms with Crippen molar-refractivity contribution in [2.75, 3.05) is 13.2 Å². The van der Waals surface area contributed by atoms with Crippen molar-refractivity contribution in [3.8, 4) is 17.1 Å². The molecule has 0 aliphatic carbocycles. The molecule has 4 aromatic rings. The van der Waals surface area contributed by atoms with Gasteiger partial charge in [0, 0.05) is 24.3 Å². The van der Waals surface area contributed by atoms with Gasteiger partial charge in [-0.15, -0.1) is 0 Å². The van der Waals surface area contributed by atoms with Crippen LogP contribution in [0.3, 0.4) is 0 Å². The van der Waals surface area contributed by atoms with Gasteiger partial charge < -0.3 is 9.84 Å². The molecule has 0 atom stereocenters. The molecule has 0 radical (unpaired) electrons. The number of hydrogen-bond donors (Lipinski definition) is 1. The summed E-state index contributed by atoms with van der Waals surface area (Å²) in [5.41, 5.74) is 4.97. The SMILES string of the molecule is Cc1ccc2nc(C)c3cnc(-c4cc(OCCCO)ccc4Cl)n3c2n1. The van der Waals surface area contributed by atoms with Crippen LogP contribution in [0.4, 0.5) is 0 Å². The van der Waals surface area contributed by atoms with Crippen molar-refractivity contribution in [1.29, 1.82) is 0 Å². The Morgan fingerprint density at radius 2 is 2.00 bits per heavy atom.